The number of nitrogens with zero attached hydrogens (tertiary/aromatic N) is 2. The van der Waals surface area contributed by atoms with Gasteiger partial charge in [0.1, 0.15) is 0 Å². The van der Waals surface area contributed by atoms with Crippen LogP contribution in [0.25, 0.3) is 0 Å². The van der Waals surface area contributed by atoms with Gasteiger partial charge < -0.3 is 5.32 Å². The average Bonchev–Trinajstić information content (AvgIpc) is 2.92. The SMILES string of the molecule is CCc1nn(C)c(CC(NC)c2csc(I)c2)c1Cl. The molecule has 2 rings (SSSR count). The van der Waals surface area contributed by atoms with Crippen molar-refractivity contribution in [3.8, 4) is 0 Å². The molecule has 104 valence electrons. The van der Waals surface area contributed by atoms with Gasteiger partial charge in [0.25, 0.3) is 0 Å². The number of hydrogen-bond acceptors (Lipinski definition) is 3. The molecule has 1 atom stereocenters. The summed E-state index contributed by atoms with van der Waals surface area (Å²) < 4.78 is 3.21. The lowest BCUT2D eigenvalue weighted by atomic mass is 10.1. The molecule has 0 saturated heterocycles. The fourth-order valence-corrected chi connectivity index (χ4v) is 3.92. The topological polar surface area (TPSA) is 29.9 Å². The Morgan fingerprint density at radius 3 is 2.79 bits per heavy atom. The van der Waals surface area contributed by atoms with E-state index in [0.717, 1.165) is 29.3 Å². The summed E-state index contributed by atoms with van der Waals surface area (Å²) in [5.74, 6) is 0. The van der Waals surface area contributed by atoms with Gasteiger partial charge in [-0.25, -0.2) is 0 Å². The molecule has 0 bridgehead atoms. The highest BCUT2D eigenvalue weighted by Gasteiger charge is 2.19. The number of halogens is 2. The van der Waals surface area contributed by atoms with Crippen LogP contribution in [0.4, 0.5) is 0 Å². The van der Waals surface area contributed by atoms with Gasteiger partial charge in [-0.2, -0.15) is 5.10 Å². The Kier molecular flexibility index (Phi) is 5.28. The number of aromatic nitrogens is 2. The molecule has 0 fully saturated rings. The predicted octanol–water partition coefficient (Wildman–Crippen LogP) is 3.81. The molecular formula is C13H17ClIN3S. The van der Waals surface area contributed by atoms with Crippen LogP contribution in [0.5, 0.6) is 0 Å². The van der Waals surface area contributed by atoms with Gasteiger partial charge >= 0.3 is 0 Å². The third kappa shape index (κ3) is 3.32. The van der Waals surface area contributed by atoms with Crippen molar-refractivity contribution >= 4 is 45.5 Å². The summed E-state index contributed by atoms with van der Waals surface area (Å²) in [6.45, 7) is 2.08. The molecule has 0 aromatic carbocycles. The maximum atomic E-state index is 6.41. The highest BCUT2D eigenvalue weighted by atomic mass is 127. The van der Waals surface area contributed by atoms with Crippen molar-refractivity contribution in [1.82, 2.24) is 15.1 Å². The molecule has 0 aliphatic heterocycles. The maximum absolute atomic E-state index is 6.41. The van der Waals surface area contributed by atoms with Gasteiger partial charge in [-0.05, 0) is 53.1 Å². The van der Waals surface area contributed by atoms with Gasteiger partial charge in [0.2, 0.25) is 0 Å². The van der Waals surface area contributed by atoms with Crippen LogP contribution in [-0.4, -0.2) is 16.8 Å². The lowest BCUT2D eigenvalue weighted by Gasteiger charge is -2.15. The zero-order chi connectivity index (χ0) is 14.0. The molecule has 0 radical (unpaired) electrons. The van der Waals surface area contributed by atoms with Gasteiger partial charge in [0.05, 0.1) is 19.3 Å². The van der Waals surface area contributed by atoms with Gasteiger partial charge in [-0.3, -0.25) is 4.68 Å². The molecule has 2 aromatic rings. The number of nitrogens with one attached hydrogen (secondary N) is 1. The molecule has 0 aliphatic rings. The van der Waals surface area contributed by atoms with E-state index in [-0.39, 0.29) is 6.04 Å². The lowest BCUT2D eigenvalue weighted by Crippen LogP contribution is -2.19. The van der Waals surface area contributed by atoms with E-state index in [2.05, 4.69) is 51.4 Å². The first-order valence-corrected chi connectivity index (χ1v) is 8.51. The zero-order valence-electron chi connectivity index (χ0n) is 11.2. The lowest BCUT2D eigenvalue weighted by molar-refractivity contribution is 0.562. The van der Waals surface area contributed by atoms with Gasteiger partial charge in [-0.1, -0.05) is 18.5 Å². The largest absolute Gasteiger partial charge is 0.313 e. The van der Waals surface area contributed by atoms with E-state index in [4.69, 9.17) is 11.6 Å². The van der Waals surface area contributed by atoms with Crippen LogP contribution in [0.1, 0.15) is 29.9 Å². The van der Waals surface area contributed by atoms with Crippen LogP contribution in [0, 0.1) is 2.88 Å². The summed E-state index contributed by atoms with van der Waals surface area (Å²) in [5.41, 5.74) is 3.39. The molecular weight excluding hydrogens is 393 g/mol. The Morgan fingerprint density at radius 2 is 2.32 bits per heavy atom. The van der Waals surface area contributed by atoms with Gasteiger partial charge in [0, 0.05) is 19.5 Å². The molecule has 2 heterocycles. The van der Waals surface area contributed by atoms with Crippen LogP contribution in [-0.2, 0) is 19.9 Å². The van der Waals surface area contributed by atoms with Gasteiger partial charge in [-0.15, -0.1) is 11.3 Å². The molecule has 0 aliphatic carbocycles. The quantitative estimate of drug-likeness (QED) is 0.761. The van der Waals surface area contributed by atoms with Crippen LogP contribution in [0.15, 0.2) is 11.4 Å². The Morgan fingerprint density at radius 1 is 1.58 bits per heavy atom. The summed E-state index contributed by atoms with van der Waals surface area (Å²) in [4.78, 5) is 0. The van der Waals surface area contributed by atoms with Crippen LogP contribution >= 0.6 is 45.5 Å². The molecule has 0 spiro atoms. The van der Waals surface area contributed by atoms with Crippen LogP contribution in [0.3, 0.4) is 0 Å². The van der Waals surface area contributed by atoms with Crippen molar-refractivity contribution in [3.05, 3.63) is 36.3 Å². The smallest absolute Gasteiger partial charge is 0.0850 e. The van der Waals surface area contributed by atoms with E-state index < -0.39 is 0 Å². The van der Waals surface area contributed by atoms with E-state index in [9.17, 15) is 0 Å². The monoisotopic (exact) mass is 409 g/mol. The molecule has 2 aromatic heterocycles. The minimum atomic E-state index is 0.275. The van der Waals surface area contributed by atoms with Crippen molar-refractivity contribution in [1.29, 1.82) is 0 Å². The third-order valence-corrected chi connectivity index (χ3v) is 5.48. The highest BCUT2D eigenvalue weighted by Crippen LogP contribution is 2.28. The van der Waals surface area contributed by atoms with Crippen molar-refractivity contribution in [2.45, 2.75) is 25.8 Å². The standard InChI is InChI=1S/C13H17ClIN3S/c1-4-9-13(14)11(18(3)17-9)6-10(16-2)8-5-12(15)19-7-8/h5,7,10,16H,4,6H2,1-3H3. The second kappa shape index (κ2) is 6.56. The van der Waals surface area contributed by atoms with Crippen molar-refractivity contribution in [3.63, 3.8) is 0 Å². The second-order valence-electron chi connectivity index (χ2n) is 4.41. The van der Waals surface area contributed by atoms with Gasteiger partial charge in [0.15, 0.2) is 0 Å². The van der Waals surface area contributed by atoms with E-state index >= 15 is 0 Å². The number of hydrogen-bond donors (Lipinski definition) is 1. The Bertz CT molecular complexity index is 564. The minimum absolute atomic E-state index is 0.275. The maximum Gasteiger partial charge on any atom is 0.0850 e. The first kappa shape index (κ1) is 15.3. The fraction of sp³-hybridized carbons (Fsp3) is 0.462. The Hall–Kier alpha value is -0.110. The Labute approximate surface area is 136 Å². The van der Waals surface area contributed by atoms with Crippen molar-refractivity contribution in [2.75, 3.05) is 7.05 Å². The second-order valence-corrected chi connectivity index (χ2v) is 7.60. The number of rotatable bonds is 5. The van der Waals surface area contributed by atoms with E-state index in [1.807, 2.05) is 18.8 Å². The first-order valence-electron chi connectivity index (χ1n) is 6.18. The molecule has 3 nitrogen and oxygen atoms in total. The van der Waals surface area contributed by atoms with Crippen LogP contribution < -0.4 is 5.32 Å². The fourth-order valence-electron chi connectivity index (χ4n) is 2.13. The minimum Gasteiger partial charge on any atom is -0.313 e. The van der Waals surface area contributed by atoms with E-state index in [1.165, 1.54) is 8.45 Å². The molecule has 6 heteroatoms. The molecule has 0 saturated carbocycles. The molecule has 0 amide bonds. The Balaban J connectivity index is 2.26. The molecule has 19 heavy (non-hydrogen) atoms. The van der Waals surface area contributed by atoms with E-state index in [0.29, 0.717) is 0 Å². The van der Waals surface area contributed by atoms with Crippen molar-refractivity contribution < 1.29 is 0 Å². The molecule has 1 unspecified atom stereocenters. The predicted molar refractivity (Wildman–Crippen MR) is 90.1 cm³/mol. The third-order valence-electron chi connectivity index (χ3n) is 3.24. The number of aryl methyl sites for hydroxylation is 2. The summed E-state index contributed by atoms with van der Waals surface area (Å²) in [7, 11) is 3.95. The first-order chi connectivity index (χ1) is 9.06. The number of likely N-dealkylation sites (N-methyl/N-ethyl adjacent to an activating group) is 1. The highest BCUT2D eigenvalue weighted by molar-refractivity contribution is 14.1. The summed E-state index contributed by atoms with van der Waals surface area (Å²) in [6.07, 6.45) is 1.72. The summed E-state index contributed by atoms with van der Waals surface area (Å²) in [6, 6.07) is 2.49. The average molecular weight is 410 g/mol. The zero-order valence-corrected chi connectivity index (χ0v) is 14.9. The normalized spacial score (nSPS) is 12.9. The van der Waals surface area contributed by atoms with Crippen LogP contribution in [0.2, 0.25) is 5.02 Å². The summed E-state index contributed by atoms with van der Waals surface area (Å²) in [5, 5.41) is 10.9. The number of thiophene rings is 1. The van der Waals surface area contributed by atoms with Crippen molar-refractivity contribution in [2.24, 2.45) is 7.05 Å². The molecule has 1 N–H and O–H groups in total. The van der Waals surface area contributed by atoms with E-state index in [1.54, 1.807) is 11.3 Å². The summed E-state index contributed by atoms with van der Waals surface area (Å²) >= 11 is 10.5.